The van der Waals surface area contributed by atoms with Crippen LogP contribution in [0.5, 0.6) is 5.88 Å². The number of aliphatic hydroxyl groups excluding tert-OH is 1. The molecule has 17 heavy (non-hydrogen) atoms. The molecule has 0 amide bonds. The van der Waals surface area contributed by atoms with Crippen LogP contribution in [-0.4, -0.2) is 20.6 Å². The van der Waals surface area contributed by atoms with Crippen LogP contribution in [0.3, 0.4) is 0 Å². The fourth-order valence-corrected chi connectivity index (χ4v) is 2.68. The highest BCUT2D eigenvalue weighted by molar-refractivity contribution is 7.15. The molecule has 0 aliphatic rings. The Kier molecular flexibility index (Phi) is 3.69. The predicted molar refractivity (Wildman–Crippen MR) is 68.5 cm³/mol. The van der Waals surface area contributed by atoms with E-state index in [0.717, 1.165) is 17.1 Å². The second-order valence-electron chi connectivity index (χ2n) is 4.64. The number of imidazole rings is 1. The Hall–Kier alpha value is -1.07. The first kappa shape index (κ1) is 12.4. The third-order valence-electron chi connectivity index (χ3n) is 2.59. The highest BCUT2D eigenvalue weighted by Gasteiger charge is 2.16. The molecule has 5 heteroatoms. The van der Waals surface area contributed by atoms with Crippen LogP contribution in [0.15, 0.2) is 11.6 Å². The summed E-state index contributed by atoms with van der Waals surface area (Å²) in [6.07, 6.45) is 3.00. The highest BCUT2D eigenvalue weighted by Crippen LogP contribution is 2.25. The van der Waals surface area contributed by atoms with Gasteiger partial charge in [-0.15, -0.1) is 11.3 Å². The minimum atomic E-state index is -0.0539. The van der Waals surface area contributed by atoms with E-state index in [1.165, 1.54) is 11.3 Å². The predicted octanol–water partition coefficient (Wildman–Crippen LogP) is 2.70. The molecule has 0 aliphatic heterocycles. The Morgan fingerprint density at radius 1 is 1.47 bits per heavy atom. The molecule has 2 heterocycles. The van der Waals surface area contributed by atoms with Crippen molar-refractivity contribution in [3.8, 4) is 5.88 Å². The third kappa shape index (κ3) is 2.61. The summed E-state index contributed by atoms with van der Waals surface area (Å²) in [4.78, 5) is 5.25. The second kappa shape index (κ2) is 5.06. The molecule has 0 aromatic carbocycles. The highest BCUT2D eigenvalue weighted by atomic mass is 32.1. The van der Waals surface area contributed by atoms with E-state index in [9.17, 15) is 5.11 Å². The number of hydrogen-bond acceptors (Lipinski definition) is 4. The van der Waals surface area contributed by atoms with Crippen LogP contribution in [0.25, 0.3) is 4.96 Å². The zero-order valence-corrected chi connectivity index (χ0v) is 11.2. The van der Waals surface area contributed by atoms with Gasteiger partial charge in [0.05, 0.1) is 12.7 Å². The largest absolute Gasteiger partial charge is 0.473 e. The zero-order chi connectivity index (χ0) is 12.4. The van der Waals surface area contributed by atoms with Gasteiger partial charge in [0.15, 0.2) is 4.96 Å². The van der Waals surface area contributed by atoms with E-state index in [1.54, 1.807) is 0 Å². The number of thiazole rings is 1. The number of ether oxygens (including phenoxy) is 1. The summed E-state index contributed by atoms with van der Waals surface area (Å²) in [7, 11) is 0. The van der Waals surface area contributed by atoms with E-state index in [0.29, 0.717) is 11.8 Å². The van der Waals surface area contributed by atoms with E-state index in [1.807, 2.05) is 22.9 Å². The molecule has 2 aromatic heterocycles. The fraction of sp³-hybridized carbons (Fsp3) is 0.583. The average molecular weight is 254 g/mol. The van der Waals surface area contributed by atoms with Crippen molar-refractivity contribution in [3.63, 3.8) is 0 Å². The van der Waals surface area contributed by atoms with Gasteiger partial charge in [0, 0.05) is 11.6 Å². The maximum absolute atomic E-state index is 9.38. The van der Waals surface area contributed by atoms with Crippen molar-refractivity contribution < 1.29 is 9.84 Å². The molecule has 2 aromatic rings. The zero-order valence-electron chi connectivity index (χ0n) is 10.4. The Morgan fingerprint density at radius 3 is 2.88 bits per heavy atom. The summed E-state index contributed by atoms with van der Waals surface area (Å²) in [5.41, 5.74) is 0.733. The van der Waals surface area contributed by atoms with Crippen molar-refractivity contribution in [2.75, 3.05) is 0 Å². The first-order chi connectivity index (χ1) is 8.11. The molecule has 0 bridgehead atoms. The minimum Gasteiger partial charge on any atom is -0.473 e. The summed E-state index contributed by atoms with van der Waals surface area (Å²) in [6.45, 7) is 6.31. The SMILES string of the molecule is CC(C)CC(C)Oc1nc2sccn2c1CO. The molecule has 0 aliphatic carbocycles. The van der Waals surface area contributed by atoms with Crippen LogP contribution in [0, 0.1) is 5.92 Å². The number of nitrogens with zero attached hydrogens (tertiary/aromatic N) is 2. The van der Waals surface area contributed by atoms with Gasteiger partial charge in [-0.1, -0.05) is 13.8 Å². The van der Waals surface area contributed by atoms with Crippen molar-refractivity contribution >= 4 is 16.3 Å². The summed E-state index contributed by atoms with van der Waals surface area (Å²) >= 11 is 1.54. The fourth-order valence-electron chi connectivity index (χ4n) is 1.95. The van der Waals surface area contributed by atoms with Crippen LogP contribution < -0.4 is 4.74 Å². The minimum absolute atomic E-state index is 0.0539. The van der Waals surface area contributed by atoms with E-state index in [2.05, 4.69) is 18.8 Å². The molecule has 94 valence electrons. The van der Waals surface area contributed by atoms with Gasteiger partial charge in [-0.05, 0) is 19.3 Å². The molecule has 0 saturated carbocycles. The summed E-state index contributed by atoms with van der Waals surface area (Å²) < 4.78 is 7.68. The van der Waals surface area contributed by atoms with Crippen molar-refractivity contribution in [1.29, 1.82) is 0 Å². The van der Waals surface area contributed by atoms with Gasteiger partial charge >= 0.3 is 0 Å². The number of aliphatic hydroxyl groups is 1. The van der Waals surface area contributed by atoms with Gasteiger partial charge in [-0.3, -0.25) is 4.40 Å². The van der Waals surface area contributed by atoms with Gasteiger partial charge in [0.25, 0.3) is 0 Å². The van der Waals surface area contributed by atoms with E-state index < -0.39 is 0 Å². The molecule has 0 radical (unpaired) electrons. The monoisotopic (exact) mass is 254 g/mol. The molecule has 2 rings (SSSR count). The van der Waals surface area contributed by atoms with Crippen LogP contribution in [-0.2, 0) is 6.61 Å². The summed E-state index contributed by atoms with van der Waals surface area (Å²) in [5, 5.41) is 11.3. The second-order valence-corrected chi connectivity index (χ2v) is 5.51. The topological polar surface area (TPSA) is 46.8 Å². The number of aromatic nitrogens is 2. The van der Waals surface area contributed by atoms with Gasteiger partial charge in [0.2, 0.25) is 5.88 Å². The number of fused-ring (bicyclic) bond motifs is 1. The molecule has 1 N–H and O–H groups in total. The molecule has 1 unspecified atom stereocenters. The Balaban J connectivity index is 2.20. The third-order valence-corrected chi connectivity index (χ3v) is 3.35. The van der Waals surface area contributed by atoms with Crippen molar-refractivity contribution in [3.05, 3.63) is 17.3 Å². The molecule has 0 saturated heterocycles. The normalized spacial score (nSPS) is 13.5. The summed E-state index contributed by atoms with van der Waals surface area (Å²) in [5.74, 6) is 1.15. The maximum Gasteiger partial charge on any atom is 0.239 e. The Labute approximate surface area is 105 Å². The van der Waals surface area contributed by atoms with E-state index >= 15 is 0 Å². The van der Waals surface area contributed by atoms with E-state index in [-0.39, 0.29) is 12.7 Å². The van der Waals surface area contributed by atoms with Crippen molar-refractivity contribution in [2.24, 2.45) is 5.92 Å². The van der Waals surface area contributed by atoms with Crippen LogP contribution in [0.1, 0.15) is 32.9 Å². The van der Waals surface area contributed by atoms with Crippen molar-refractivity contribution in [1.82, 2.24) is 9.38 Å². The van der Waals surface area contributed by atoms with Crippen molar-refractivity contribution in [2.45, 2.75) is 39.9 Å². The quantitative estimate of drug-likeness (QED) is 0.892. The van der Waals surface area contributed by atoms with Gasteiger partial charge < -0.3 is 9.84 Å². The summed E-state index contributed by atoms with van der Waals surface area (Å²) in [6, 6.07) is 0. The first-order valence-electron chi connectivity index (χ1n) is 5.83. The van der Waals surface area contributed by atoms with Gasteiger partial charge in [-0.25, -0.2) is 0 Å². The molecule has 4 nitrogen and oxygen atoms in total. The number of rotatable bonds is 5. The smallest absolute Gasteiger partial charge is 0.239 e. The lowest BCUT2D eigenvalue weighted by Crippen LogP contribution is -2.15. The van der Waals surface area contributed by atoms with Crippen LogP contribution >= 0.6 is 11.3 Å². The Morgan fingerprint density at radius 2 is 2.24 bits per heavy atom. The molecular weight excluding hydrogens is 236 g/mol. The average Bonchev–Trinajstić information content (AvgIpc) is 2.75. The lowest BCUT2D eigenvalue weighted by Gasteiger charge is -2.15. The van der Waals surface area contributed by atoms with Gasteiger partial charge in [-0.2, -0.15) is 4.98 Å². The maximum atomic E-state index is 9.38. The lowest BCUT2D eigenvalue weighted by atomic mass is 10.1. The van der Waals surface area contributed by atoms with Crippen LogP contribution in [0.4, 0.5) is 0 Å². The van der Waals surface area contributed by atoms with Crippen LogP contribution in [0.2, 0.25) is 0 Å². The Bertz CT molecular complexity index is 490. The molecular formula is C12H18N2O2S. The molecule has 0 fully saturated rings. The number of hydrogen-bond donors (Lipinski definition) is 1. The molecule has 1 atom stereocenters. The first-order valence-corrected chi connectivity index (χ1v) is 6.71. The van der Waals surface area contributed by atoms with Gasteiger partial charge in [0.1, 0.15) is 5.69 Å². The van der Waals surface area contributed by atoms with E-state index in [4.69, 9.17) is 4.74 Å². The lowest BCUT2D eigenvalue weighted by molar-refractivity contribution is 0.178. The molecule has 0 spiro atoms. The standard InChI is InChI=1S/C12H18N2O2S/c1-8(2)6-9(3)16-11-10(7-15)14-4-5-17-12(14)13-11/h4-5,8-9,15H,6-7H2,1-3H3.